The third kappa shape index (κ3) is 3.60. The van der Waals surface area contributed by atoms with Gasteiger partial charge in [0.15, 0.2) is 5.03 Å². The summed E-state index contributed by atoms with van der Waals surface area (Å²) in [6.45, 7) is 2.07. The summed E-state index contributed by atoms with van der Waals surface area (Å²) in [5.41, 5.74) is 0.577. The Bertz CT molecular complexity index is 648. The summed E-state index contributed by atoms with van der Waals surface area (Å²) in [5, 5.41) is 8.84. The lowest BCUT2D eigenvalue weighted by molar-refractivity contribution is 0.281. The monoisotopic (exact) mass is 298 g/mol. The molecule has 2 rings (SSSR count). The lowest BCUT2D eigenvalue weighted by Gasteiger charge is -2.05. The number of nitrogens with zero attached hydrogens (tertiary/aromatic N) is 1. The molecule has 2 aromatic heterocycles. The molecule has 0 saturated heterocycles. The van der Waals surface area contributed by atoms with Gasteiger partial charge in [-0.2, -0.15) is 0 Å². The Hall–Kier alpha value is -1.28. The van der Waals surface area contributed by atoms with Crippen molar-refractivity contribution in [2.45, 2.75) is 25.1 Å². The molecule has 0 atom stereocenters. The minimum atomic E-state index is -3.61. The molecule has 2 heterocycles. The van der Waals surface area contributed by atoms with Crippen LogP contribution >= 0.6 is 11.3 Å². The van der Waals surface area contributed by atoms with E-state index in [1.165, 1.54) is 18.3 Å². The second-order valence-corrected chi connectivity index (χ2v) is 7.09. The molecule has 0 aliphatic carbocycles. The zero-order chi connectivity index (χ0) is 13.9. The largest absolute Gasteiger partial charge is 0.392 e. The molecule has 2 N–H and O–H groups in total. The average Bonchev–Trinajstić information content (AvgIpc) is 2.82. The Kier molecular flexibility index (Phi) is 4.31. The Morgan fingerprint density at radius 1 is 1.32 bits per heavy atom. The Morgan fingerprint density at radius 3 is 2.63 bits per heavy atom. The lowest BCUT2D eigenvalue weighted by Crippen LogP contribution is -2.23. The van der Waals surface area contributed by atoms with Crippen molar-refractivity contribution in [1.29, 1.82) is 0 Å². The number of thiophene rings is 1. The molecule has 0 bridgehead atoms. The van der Waals surface area contributed by atoms with Gasteiger partial charge in [0.1, 0.15) is 0 Å². The van der Waals surface area contributed by atoms with Crippen molar-refractivity contribution in [3.63, 3.8) is 0 Å². The van der Waals surface area contributed by atoms with Crippen LogP contribution in [0.5, 0.6) is 0 Å². The maximum absolute atomic E-state index is 12.0. The molecule has 0 fully saturated rings. The molecule has 0 aliphatic heterocycles. The summed E-state index contributed by atoms with van der Waals surface area (Å²) < 4.78 is 26.5. The Morgan fingerprint density at radius 2 is 2.11 bits per heavy atom. The van der Waals surface area contributed by atoms with Gasteiger partial charge < -0.3 is 5.11 Å². The normalized spacial score (nSPS) is 11.7. The summed E-state index contributed by atoms with van der Waals surface area (Å²) in [7, 11) is -3.61. The first-order chi connectivity index (χ1) is 9.01. The molecule has 7 heteroatoms. The first-order valence-electron chi connectivity index (χ1n) is 5.62. The number of hydrogen-bond acceptors (Lipinski definition) is 5. The molecule has 0 spiro atoms. The van der Waals surface area contributed by atoms with Crippen molar-refractivity contribution in [3.05, 3.63) is 45.8 Å². The predicted octanol–water partition coefficient (Wildman–Crippen LogP) is 1.42. The third-order valence-corrected chi connectivity index (χ3v) is 4.81. The van der Waals surface area contributed by atoms with Gasteiger partial charge in [-0.25, -0.2) is 18.1 Å². The second kappa shape index (κ2) is 5.79. The van der Waals surface area contributed by atoms with Crippen molar-refractivity contribution in [2.24, 2.45) is 0 Å². The smallest absolute Gasteiger partial charge is 0.258 e. The highest BCUT2D eigenvalue weighted by molar-refractivity contribution is 7.89. The number of aromatic nitrogens is 1. The van der Waals surface area contributed by atoms with E-state index in [9.17, 15) is 8.42 Å². The summed E-state index contributed by atoms with van der Waals surface area (Å²) in [6, 6.07) is 6.76. The molecular formula is C12H14N2O3S2. The van der Waals surface area contributed by atoms with Crippen LogP contribution in [0.4, 0.5) is 0 Å². The van der Waals surface area contributed by atoms with Gasteiger partial charge >= 0.3 is 0 Å². The fourth-order valence-corrected chi connectivity index (χ4v) is 3.34. The van der Waals surface area contributed by atoms with Crippen molar-refractivity contribution in [3.8, 4) is 0 Å². The molecule has 0 unspecified atom stereocenters. The van der Waals surface area contributed by atoms with E-state index in [0.717, 1.165) is 9.75 Å². The molecular weight excluding hydrogens is 284 g/mol. The summed E-state index contributed by atoms with van der Waals surface area (Å²) in [4.78, 5) is 5.92. The molecule has 0 amide bonds. The minimum absolute atomic E-state index is 0.0435. The zero-order valence-electron chi connectivity index (χ0n) is 10.3. The molecule has 102 valence electrons. The van der Waals surface area contributed by atoms with Crippen molar-refractivity contribution < 1.29 is 13.5 Å². The lowest BCUT2D eigenvalue weighted by atomic mass is 10.3. The number of rotatable bonds is 5. The first kappa shape index (κ1) is 14.1. The maximum Gasteiger partial charge on any atom is 0.258 e. The highest BCUT2D eigenvalue weighted by atomic mass is 32.2. The molecule has 0 radical (unpaired) electrons. The quantitative estimate of drug-likeness (QED) is 0.875. The van der Waals surface area contributed by atoms with Gasteiger partial charge in [0.25, 0.3) is 10.0 Å². The van der Waals surface area contributed by atoms with E-state index in [1.807, 2.05) is 19.1 Å². The molecule has 0 saturated carbocycles. The van der Waals surface area contributed by atoms with Crippen LogP contribution in [0.3, 0.4) is 0 Å². The number of aryl methyl sites for hydroxylation is 1. The van der Waals surface area contributed by atoms with E-state index in [4.69, 9.17) is 5.11 Å². The summed E-state index contributed by atoms with van der Waals surface area (Å²) in [5.74, 6) is 0. The van der Waals surface area contributed by atoms with E-state index in [2.05, 4.69) is 9.71 Å². The molecule has 0 aliphatic rings. The zero-order valence-corrected chi connectivity index (χ0v) is 12.0. The predicted molar refractivity (Wildman–Crippen MR) is 73.2 cm³/mol. The van der Waals surface area contributed by atoms with E-state index >= 15 is 0 Å². The maximum atomic E-state index is 12.0. The highest BCUT2D eigenvalue weighted by Crippen LogP contribution is 2.15. The fraction of sp³-hybridized carbons (Fsp3) is 0.250. The standard InChI is InChI=1S/C12H14N2O3S2/c1-9-2-4-11(18-9)7-14-19(16,17)12-5-3-10(8-15)6-13-12/h2-6,14-15H,7-8H2,1H3. The fourth-order valence-electron chi connectivity index (χ4n) is 1.48. The van der Waals surface area contributed by atoms with Gasteiger partial charge in [-0.1, -0.05) is 6.07 Å². The van der Waals surface area contributed by atoms with Crippen LogP contribution in [0.15, 0.2) is 35.5 Å². The van der Waals surface area contributed by atoms with E-state index in [-0.39, 0.29) is 18.2 Å². The third-order valence-electron chi connectivity index (χ3n) is 2.49. The SMILES string of the molecule is Cc1ccc(CNS(=O)(=O)c2ccc(CO)cn2)s1. The van der Waals surface area contributed by atoms with Crippen LogP contribution in [-0.4, -0.2) is 18.5 Å². The topological polar surface area (TPSA) is 79.3 Å². The van der Waals surface area contributed by atoms with Crippen LogP contribution in [0, 0.1) is 6.92 Å². The van der Waals surface area contributed by atoms with Crippen LogP contribution in [-0.2, 0) is 23.2 Å². The average molecular weight is 298 g/mol. The minimum Gasteiger partial charge on any atom is -0.392 e. The number of aliphatic hydroxyl groups excluding tert-OH is 1. The van der Waals surface area contributed by atoms with Crippen LogP contribution < -0.4 is 4.72 Å². The molecule has 0 aromatic carbocycles. The van der Waals surface area contributed by atoms with Crippen LogP contribution in [0.25, 0.3) is 0 Å². The highest BCUT2D eigenvalue weighted by Gasteiger charge is 2.15. The van der Waals surface area contributed by atoms with Gasteiger partial charge in [-0.3, -0.25) is 0 Å². The van der Waals surface area contributed by atoms with Crippen LogP contribution in [0.1, 0.15) is 15.3 Å². The van der Waals surface area contributed by atoms with Gasteiger partial charge in [0, 0.05) is 22.5 Å². The van der Waals surface area contributed by atoms with E-state index < -0.39 is 10.0 Å². The van der Waals surface area contributed by atoms with Gasteiger partial charge in [-0.15, -0.1) is 11.3 Å². The Balaban J connectivity index is 2.09. The van der Waals surface area contributed by atoms with Crippen molar-refractivity contribution in [2.75, 3.05) is 0 Å². The number of sulfonamides is 1. The van der Waals surface area contributed by atoms with E-state index in [1.54, 1.807) is 11.3 Å². The molecule has 5 nitrogen and oxygen atoms in total. The van der Waals surface area contributed by atoms with Gasteiger partial charge in [0.05, 0.1) is 6.61 Å². The summed E-state index contributed by atoms with van der Waals surface area (Å²) in [6.07, 6.45) is 1.35. The summed E-state index contributed by atoms with van der Waals surface area (Å²) >= 11 is 1.55. The first-order valence-corrected chi connectivity index (χ1v) is 7.92. The number of hydrogen-bond donors (Lipinski definition) is 2. The van der Waals surface area contributed by atoms with Crippen molar-refractivity contribution in [1.82, 2.24) is 9.71 Å². The van der Waals surface area contributed by atoms with E-state index in [0.29, 0.717) is 5.56 Å². The molecule has 19 heavy (non-hydrogen) atoms. The second-order valence-electron chi connectivity index (χ2n) is 4.00. The number of pyridine rings is 1. The number of nitrogens with one attached hydrogen (secondary N) is 1. The van der Waals surface area contributed by atoms with Gasteiger partial charge in [0.2, 0.25) is 0 Å². The van der Waals surface area contributed by atoms with Gasteiger partial charge in [-0.05, 0) is 30.7 Å². The van der Waals surface area contributed by atoms with Crippen LogP contribution in [0.2, 0.25) is 0 Å². The molecule has 2 aromatic rings. The number of aliphatic hydroxyl groups is 1. The Labute approximate surface area is 116 Å². The van der Waals surface area contributed by atoms with Crippen molar-refractivity contribution >= 4 is 21.4 Å².